The molecule has 78 valence electrons. The zero-order chi connectivity index (χ0) is 10.3. The molecule has 14 heavy (non-hydrogen) atoms. The van der Waals surface area contributed by atoms with Crippen LogP contribution in [-0.2, 0) is 14.2 Å². The average Bonchev–Trinajstić information content (AvgIpc) is 2.51. The van der Waals surface area contributed by atoms with Crippen molar-refractivity contribution < 1.29 is 14.2 Å². The summed E-state index contributed by atoms with van der Waals surface area (Å²) in [5.41, 5.74) is -0.373. The Balaban J connectivity index is 2.23. The standard InChI is InChI=1S/C9H16BNO3/c1-11-4-9(5-12-2)7(13-3)6(11)8(10)14-9/h6-8H,4-5H2,1-3H3/t6?,7-,8-,9-/m1/s1. The molecule has 2 aliphatic rings. The smallest absolute Gasteiger partial charge is 0.131 e. The number of fused-ring (bicyclic) bond motifs is 2. The van der Waals surface area contributed by atoms with Crippen molar-refractivity contribution in [2.45, 2.75) is 23.8 Å². The molecule has 2 heterocycles. The lowest BCUT2D eigenvalue weighted by Gasteiger charge is -2.33. The van der Waals surface area contributed by atoms with Crippen molar-refractivity contribution in [3.8, 4) is 0 Å². The lowest BCUT2D eigenvalue weighted by molar-refractivity contribution is -0.118. The van der Waals surface area contributed by atoms with Gasteiger partial charge in [-0.15, -0.1) is 0 Å². The van der Waals surface area contributed by atoms with E-state index in [1.807, 2.05) is 7.05 Å². The second kappa shape index (κ2) is 3.49. The fourth-order valence-corrected chi connectivity index (χ4v) is 2.79. The molecule has 0 aromatic heterocycles. The van der Waals surface area contributed by atoms with Gasteiger partial charge < -0.3 is 14.2 Å². The second-order valence-electron chi connectivity index (χ2n) is 4.14. The monoisotopic (exact) mass is 197 g/mol. The number of likely N-dealkylation sites (tertiary alicyclic amines) is 1. The van der Waals surface area contributed by atoms with Crippen LogP contribution in [0.4, 0.5) is 0 Å². The second-order valence-corrected chi connectivity index (χ2v) is 4.14. The molecule has 0 spiro atoms. The summed E-state index contributed by atoms with van der Waals surface area (Å²) in [6, 6.07) is -0.121. The van der Waals surface area contributed by atoms with Crippen LogP contribution in [0, 0.1) is 0 Å². The molecule has 0 saturated carbocycles. The van der Waals surface area contributed by atoms with Crippen LogP contribution >= 0.6 is 0 Å². The molecule has 5 heteroatoms. The van der Waals surface area contributed by atoms with E-state index in [0.29, 0.717) is 6.61 Å². The van der Waals surface area contributed by atoms with Gasteiger partial charge in [0.1, 0.15) is 19.6 Å². The van der Waals surface area contributed by atoms with Gasteiger partial charge in [-0.05, 0) is 7.05 Å². The predicted molar refractivity (Wildman–Crippen MR) is 52.4 cm³/mol. The van der Waals surface area contributed by atoms with E-state index in [-0.39, 0.29) is 23.8 Å². The Labute approximate surface area is 85.9 Å². The Morgan fingerprint density at radius 3 is 2.79 bits per heavy atom. The lowest BCUT2D eigenvalue weighted by Crippen LogP contribution is -2.48. The van der Waals surface area contributed by atoms with Crippen molar-refractivity contribution in [3.63, 3.8) is 0 Å². The summed E-state index contributed by atoms with van der Waals surface area (Å²) in [5, 5.41) is 0. The molecule has 0 aliphatic carbocycles. The van der Waals surface area contributed by atoms with Gasteiger partial charge in [0, 0.05) is 26.8 Å². The highest BCUT2D eigenvalue weighted by molar-refractivity contribution is 6.12. The minimum Gasteiger partial charge on any atom is -0.382 e. The summed E-state index contributed by atoms with van der Waals surface area (Å²) < 4.78 is 16.4. The molecule has 2 aliphatic heterocycles. The highest BCUT2D eigenvalue weighted by Gasteiger charge is 2.61. The highest BCUT2D eigenvalue weighted by atomic mass is 16.6. The normalized spacial score (nSPS) is 47.5. The van der Waals surface area contributed by atoms with Crippen molar-refractivity contribution in [3.05, 3.63) is 0 Å². The van der Waals surface area contributed by atoms with Crippen LogP contribution in [0.15, 0.2) is 0 Å². The number of rotatable bonds is 3. The van der Waals surface area contributed by atoms with Gasteiger partial charge in [0.2, 0.25) is 0 Å². The van der Waals surface area contributed by atoms with Gasteiger partial charge >= 0.3 is 0 Å². The molecule has 2 radical (unpaired) electrons. The Kier molecular flexibility index (Phi) is 2.60. The zero-order valence-electron chi connectivity index (χ0n) is 8.90. The maximum absolute atomic E-state index is 5.89. The quantitative estimate of drug-likeness (QED) is 0.555. The predicted octanol–water partition coefficient (Wildman–Crippen LogP) is -0.775. The molecular formula is C9H16BNO3. The Bertz CT molecular complexity index is 214. The van der Waals surface area contributed by atoms with E-state index in [2.05, 4.69) is 4.90 Å². The molecule has 2 saturated heterocycles. The van der Waals surface area contributed by atoms with Gasteiger partial charge in [-0.2, -0.15) is 0 Å². The van der Waals surface area contributed by atoms with Crippen molar-refractivity contribution in [1.82, 2.24) is 4.90 Å². The molecule has 2 rings (SSSR count). The maximum atomic E-state index is 5.89. The Hall–Kier alpha value is -0.0951. The van der Waals surface area contributed by atoms with Gasteiger partial charge in [-0.25, -0.2) is 0 Å². The lowest BCUT2D eigenvalue weighted by atomic mass is 9.90. The van der Waals surface area contributed by atoms with E-state index in [1.54, 1.807) is 14.2 Å². The Morgan fingerprint density at radius 2 is 2.29 bits per heavy atom. The van der Waals surface area contributed by atoms with E-state index in [0.717, 1.165) is 6.54 Å². The first-order valence-electron chi connectivity index (χ1n) is 4.80. The van der Waals surface area contributed by atoms with Crippen LogP contribution < -0.4 is 0 Å². The van der Waals surface area contributed by atoms with Crippen LogP contribution in [0.1, 0.15) is 0 Å². The van der Waals surface area contributed by atoms with Crippen LogP contribution in [0.2, 0.25) is 0 Å². The molecule has 0 N–H and O–H groups in total. The van der Waals surface area contributed by atoms with Gasteiger partial charge in [0.25, 0.3) is 0 Å². The summed E-state index contributed by atoms with van der Waals surface area (Å²) in [4.78, 5) is 2.18. The summed E-state index contributed by atoms with van der Waals surface area (Å²) in [6.07, 6.45) is 0.0162. The van der Waals surface area contributed by atoms with E-state index in [9.17, 15) is 0 Å². The van der Waals surface area contributed by atoms with Crippen molar-refractivity contribution >= 4 is 7.85 Å². The third-order valence-electron chi connectivity index (χ3n) is 3.20. The molecule has 0 amide bonds. The van der Waals surface area contributed by atoms with Gasteiger partial charge in [-0.1, -0.05) is 0 Å². The molecule has 2 bridgehead atoms. The van der Waals surface area contributed by atoms with Crippen LogP contribution in [0.5, 0.6) is 0 Å². The topological polar surface area (TPSA) is 30.9 Å². The molecule has 0 aromatic rings. The van der Waals surface area contributed by atoms with E-state index < -0.39 is 0 Å². The van der Waals surface area contributed by atoms with Crippen LogP contribution in [0.3, 0.4) is 0 Å². The summed E-state index contributed by atoms with van der Waals surface area (Å²) in [6.45, 7) is 1.34. The zero-order valence-corrected chi connectivity index (χ0v) is 8.90. The average molecular weight is 197 g/mol. The molecule has 2 fully saturated rings. The number of hydrogen-bond acceptors (Lipinski definition) is 4. The third-order valence-corrected chi connectivity index (χ3v) is 3.20. The van der Waals surface area contributed by atoms with E-state index in [1.165, 1.54) is 0 Å². The van der Waals surface area contributed by atoms with Crippen LogP contribution in [0.25, 0.3) is 0 Å². The first-order valence-corrected chi connectivity index (χ1v) is 4.80. The highest BCUT2D eigenvalue weighted by Crippen LogP contribution is 2.41. The van der Waals surface area contributed by atoms with E-state index in [4.69, 9.17) is 22.1 Å². The SMILES string of the molecule is [B][C@@H]1O[C@@]2(COC)CN(C)C1[C@H]2OC. The first kappa shape index (κ1) is 10.4. The fraction of sp³-hybridized carbons (Fsp3) is 1.00. The number of methoxy groups -OCH3 is 2. The number of likely N-dealkylation sites (N-methyl/N-ethyl adjacent to an activating group) is 1. The van der Waals surface area contributed by atoms with E-state index >= 15 is 0 Å². The number of nitrogens with zero attached hydrogens (tertiary/aromatic N) is 1. The summed E-state index contributed by atoms with van der Waals surface area (Å²) >= 11 is 0. The van der Waals surface area contributed by atoms with Gasteiger partial charge in [-0.3, -0.25) is 4.90 Å². The number of morpholine rings is 1. The first-order chi connectivity index (χ1) is 6.64. The van der Waals surface area contributed by atoms with Gasteiger partial charge in [0.15, 0.2) is 0 Å². The molecule has 4 nitrogen and oxygen atoms in total. The number of hydrogen-bond donors (Lipinski definition) is 0. The fourth-order valence-electron chi connectivity index (χ4n) is 2.79. The largest absolute Gasteiger partial charge is 0.382 e. The van der Waals surface area contributed by atoms with Crippen LogP contribution in [-0.4, -0.2) is 70.9 Å². The molecule has 1 unspecified atom stereocenters. The molecular weight excluding hydrogens is 181 g/mol. The minimum atomic E-state index is -0.373. The maximum Gasteiger partial charge on any atom is 0.131 e. The minimum absolute atomic E-state index is 0.0162. The van der Waals surface area contributed by atoms with Crippen molar-refractivity contribution in [1.29, 1.82) is 0 Å². The Morgan fingerprint density at radius 1 is 1.57 bits per heavy atom. The summed E-state index contributed by atoms with van der Waals surface area (Å²) in [7, 11) is 11.3. The summed E-state index contributed by atoms with van der Waals surface area (Å²) in [5.74, 6) is 0. The van der Waals surface area contributed by atoms with Crippen molar-refractivity contribution in [2.24, 2.45) is 0 Å². The molecule has 4 atom stereocenters. The number of ether oxygens (including phenoxy) is 3. The molecule has 0 aromatic carbocycles. The van der Waals surface area contributed by atoms with Crippen molar-refractivity contribution in [2.75, 3.05) is 34.4 Å². The van der Waals surface area contributed by atoms with Gasteiger partial charge in [0.05, 0.1) is 12.6 Å². The third kappa shape index (κ3) is 1.23.